The molecule has 0 saturated carbocycles. The molecule has 2 aromatic heterocycles. The Bertz CT molecular complexity index is 1180. The maximum Gasteiger partial charge on any atom is 0.276 e. The second-order valence-electron chi connectivity index (χ2n) is 8.33. The molecule has 0 radical (unpaired) electrons. The Hall–Kier alpha value is -3.39. The molecule has 1 aromatic carbocycles. The first-order chi connectivity index (χ1) is 15.0. The molecule has 160 valence electrons. The van der Waals surface area contributed by atoms with Crippen molar-refractivity contribution in [2.75, 3.05) is 35.6 Å². The largest absolute Gasteiger partial charge is 0.477 e. The van der Waals surface area contributed by atoms with Gasteiger partial charge in [-0.15, -0.1) is 0 Å². The van der Waals surface area contributed by atoms with Gasteiger partial charge in [-0.2, -0.15) is 0 Å². The van der Waals surface area contributed by atoms with Crippen LogP contribution in [0.2, 0.25) is 0 Å². The van der Waals surface area contributed by atoms with E-state index in [4.69, 9.17) is 16.2 Å². The summed E-state index contributed by atoms with van der Waals surface area (Å²) in [5.74, 6) is 0.273. The molecule has 1 saturated heterocycles. The van der Waals surface area contributed by atoms with Gasteiger partial charge in [0.1, 0.15) is 0 Å². The Balaban J connectivity index is 1.52. The van der Waals surface area contributed by atoms with Gasteiger partial charge in [0.05, 0.1) is 35.4 Å². The third kappa shape index (κ3) is 3.63. The summed E-state index contributed by atoms with van der Waals surface area (Å²) in [6, 6.07) is 7.79. The molecule has 5 rings (SSSR count). The summed E-state index contributed by atoms with van der Waals surface area (Å²) in [6.07, 6.45) is 4.41. The zero-order valence-corrected chi connectivity index (χ0v) is 17.5. The Kier molecular flexibility index (Phi) is 4.86. The molecule has 1 fully saturated rings. The van der Waals surface area contributed by atoms with E-state index in [1.807, 2.05) is 25.1 Å². The number of nitrogen functional groups attached to an aromatic ring is 1. The maximum absolute atomic E-state index is 13.2. The van der Waals surface area contributed by atoms with Crippen LogP contribution in [0.5, 0.6) is 5.88 Å². The molecule has 5 N–H and O–H groups in total. The molecule has 1 atom stereocenters. The van der Waals surface area contributed by atoms with Crippen LogP contribution in [0.25, 0.3) is 10.9 Å². The van der Waals surface area contributed by atoms with Gasteiger partial charge in [0.25, 0.3) is 5.91 Å². The minimum atomic E-state index is -0.357. The van der Waals surface area contributed by atoms with Crippen LogP contribution >= 0.6 is 0 Å². The van der Waals surface area contributed by atoms with Crippen molar-refractivity contribution in [2.24, 2.45) is 5.73 Å². The van der Waals surface area contributed by atoms with Crippen LogP contribution in [0.15, 0.2) is 30.5 Å². The molecular weight excluding hydrogens is 392 g/mol. The first-order valence-electron chi connectivity index (χ1n) is 10.6. The van der Waals surface area contributed by atoms with Crippen LogP contribution in [-0.4, -0.2) is 41.6 Å². The number of benzene rings is 1. The average molecular weight is 419 g/mol. The van der Waals surface area contributed by atoms with Crippen LogP contribution in [0, 0.1) is 6.92 Å². The lowest BCUT2D eigenvalue weighted by molar-refractivity contribution is 0.102. The van der Waals surface area contributed by atoms with Gasteiger partial charge in [0.2, 0.25) is 5.88 Å². The number of ether oxygens (including phenoxy) is 1. The number of piperidine rings is 1. The number of rotatable bonds is 3. The van der Waals surface area contributed by atoms with E-state index >= 15 is 0 Å². The molecule has 1 amide bonds. The number of hydrogen-bond donors (Lipinski definition) is 3. The standard InChI is InChI=1S/C23H26N6O2/c1-13-4-5-14-10-17(25)20(27-18(14)9-13)22(30)28-19-11-26-23-16(6-8-31-23)21(19)29-7-2-3-15(24)12-29/h4-5,9-11,15H,2-3,6-8,12,24-25H2,1H3,(H,28,30)/t15-/m0/s1. The number of pyridine rings is 2. The summed E-state index contributed by atoms with van der Waals surface area (Å²) in [6.45, 7) is 4.19. The molecule has 3 aromatic rings. The molecule has 0 unspecified atom stereocenters. The Morgan fingerprint density at radius 2 is 2.19 bits per heavy atom. The lowest BCUT2D eigenvalue weighted by Gasteiger charge is -2.34. The third-order valence-electron chi connectivity index (χ3n) is 5.94. The molecule has 0 aliphatic carbocycles. The molecular formula is C23H26N6O2. The second kappa shape index (κ2) is 7.70. The summed E-state index contributed by atoms with van der Waals surface area (Å²) in [5.41, 5.74) is 17.4. The first-order valence-corrected chi connectivity index (χ1v) is 10.6. The van der Waals surface area contributed by atoms with Gasteiger partial charge >= 0.3 is 0 Å². The van der Waals surface area contributed by atoms with Crippen molar-refractivity contribution in [3.05, 3.63) is 47.3 Å². The predicted molar refractivity (Wildman–Crippen MR) is 122 cm³/mol. The highest BCUT2D eigenvalue weighted by Crippen LogP contribution is 2.39. The van der Waals surface area contributed by atoms with Crippen molar-refractivity contribution in [1.29, 1.82) is 0 Å². The van der Waals surface area contributed by atoms with Gasteiger partial charge in [0, 0.05) is 36.5 Å². The summed E-state index contributed by atoms with van der Waals surface area (Å²) in [5, 5.41) is 3.91. The fourth-order valence-corrected chi connectivity index (χ4v) is 4.45. The predicted octanol–water partition coefficient (Wildman–Crippen LogP) is 2.64. The van der Waals surface area contributed by atoms with E-state index in [1.165, 1.54) is 0 Å². The minimum Gasteiger partial charge on any atom is -0.477 e. The highest BCUT2D eigenvalue weighted by Gasteiger charge is 2.28. The number of fused-ring (bicyclic) bond motifs is 2. The number of amides is 1. The Morgan fingerprint density at radius 1 is 1.32 bits per heavy atom. The molecule has 2 aliphatic heterocycles. The topological polar surface area (TPSA) is 119 Å². The van der Waals surface area contributed by atoms with Crippen LogP contribution in [0.1, 0.15) is 34.5 Å². The Morgan fingerprint density at radius 3 is 3.03 bits per heavy atom. The summed E-state index contributed by atoms with van der Waals surface area (Å²) in [4.78, 5) is 24.4. The second-order valence-corrected chi connectivity index (χ2v) is 8.33. The number of hydrogen-bond acceptors (Lipinski definition) is 7. The van der Waals surface area contributed by atoms with Gasteiger partial charge in [-0.1, -0.05) is 12.1 Å². The molecule has 2 aliphatic rings. The quantitative estimate of drug-likeness (QED) is 0.598. The molecule has 0 spiro atoms. The number of aromatic nitrogens is 2. The van der Waals surface area contributed by atoms with Crippen molar-refractivity contribution >= 4 is 33.9 Å². The number of anilines is 3. The lowest BCUT2D eigenvalue weighted by atomic mass is 10.0. The molecule has 8 nitrogen and oxygen atoms in total. The van der Waals surface area contributed by atoms with E-state index in [-0.39, 0.29) is 17.6 Å². The van der Waals surface area contributed by atoms with E-state index < -0.39 is 0 Å². The van der Waals surface area contributed by atoms with E-state index in [2.05, 4.69) is 20.2 Å². The van der Waals surface area contributed by atoms with Gasteiger partial charge < -0.3 is 26.4 Å². The SMILES string of the molecule is Cc1ccc2cc(N)c(C(=O)Nc3cnc4c(c3N3CCC[C@H](N)C3)CCO4)nc2c1. The summed E-state index contributed by atoms with van der Waals surface area (Å²) in [7, 11) is 0. The molecule has 8 heteroatoms. The highest BCUT2D eigenvalue weighted by atomic mass is 16.5. The first kappa shape index (κ1) is 19.6. The van der Waals surface area contributed by atoms with Crippen molar-refractivity contribution in [2.45, 2.75) is 32.2 Å². The fourth-order valence-electron chi connectivity index (χ4n) is 4.45. The van der Waals surface area contributed by atoms with E-state index in [0.29, 0.717) is 23.9 Å². The number of carbonyl (C=O) groups excluding carboxylic acids is 1. The zero-order valence-electron chi connectivity index (χ0n) is 17.5. The summed E-state index contributed by atoms with van der Waals surface area (Å²) >= 11 is 0. The number of aryl methyl sites for hydroxylation is 1. The van der Waals surface area contributed by atoms with Crippen LogP contribution < -0.4 is 26.4 Å². The van der Waals surface area contributed by atoms with Crippen molar-refractivity contribution in [3.8, 4) is 5.88 Å². The zero-order chi connectivity index (χ0) is 21.5. The average Bonchev–Trinajstić information content (AvgIpc) is 3.22. The number of nitrogens with two attached hydrogens (primary N) is 2. The van der Waals surface area contributed by atoms with Crippen LogP contribution in [-0.2, 0) is 6.42 Å². The molecule has 4 heterocycles. The van der Waals surface area contributed by atoms with Crippen molar-refractivity contribution in [3.63, 3.8) is 0 Å². The van der Waals surface area contributed by atoms with E-state index in [9.17, 15) is 4.79 Å². The number of nitrogens with one attached hydrogen (secondary N) is 1. The van der Waals surface area contributed by atoms with E-state index in [1.54, 1.807) is 12.3 Å². The van der Waals surface area contributed by atoms with Gasteiger partial charge in [-0.3, -0.25) is 4.79 Å². The third-order valence-corrected chi connectivity index (χ3v) is 5.94. The van der Waals surface area contributed by atoms with Gasteiger partial charge in [0.15, 0.2) is 5.69 Å². The monoisotopic (exact) mass is 418 g/mol. The van der Waals surface area contributed by atoms with Crippen LogP contribution in [0.4, 0.5) is 17.1 Å². The maximum atomic E-state index is 13.2. The molecule has 31 heavy (non-hydrogen) atoms. The fraction of sp³-hybridized carbons (Fsp3) is 0.348. The number of carbonyl (C=O) groups is 1. The highest BCUT2D eigenvalue weighted by molar-refractivity contribution is 6.09. The van der Waals surface area contributed by atoms with E-state index in [0.717, 1.165) is 60.1 Å². The smallest absolute Gasteiger partial charge is 0.276 e. The molecule has 0 bridgehead atoms. The van der Waals surface area contributed by atoms with Gasteiger partial charge in [-0.05, 0) is 37.5 Å². The summed E-state index contributed by atoms with van der Waals surface area (Å²) < 4.78 is 5.67. The van der Waals surface area contributed by atoms with Crippen molar-refractivity contribution in [1.82, 2.24) is 9.97 Å². The van der Waals surface area contributed by atoms with Gasteiger partial charge in [-0.25, -0.2) is 9.97 Å². The van der Waals surface area contributed by atoms with Crippen molar-refractivity contribution < 1.29 is 9.53 Å². The normalized spacial score (nSPS) is 18.0. The Labute approximate surface area is 180 Å². The van der Waals surface area contributed by atoms with Crippen LogP contribution in [0.3, 0.4) is 0 Å². The lowest BCUT2D eigenvalue weighted by Crippen LogP contribution is -2.43. The number of nitrogens with zero attached hydrogens (tertiary/aromatic N) is 3. The minimum absolute atomic E-state index is 0.101.